The van der Waals surface area contributed by atoms with Crippen molar-refractivity contribution in [2.45, 2.75) is 56.7 Å². The fourth-order valence-corrected chi connectivity index (χ4v) is 4.78. The molecule has 4 N–H and O–H groups in total. The SMILES string of the molecule is Nc1ccc(N2CCN(C3CCC(NC4CCC(=O)NC4=O)CC3)CC2)cc1. The third-order valence-electron chi connectivity index (χ3n) is 6.46. The molecule has 2 saturated heterocycles. The summed E-state index contributed by atoms with van der Waals surface area (Å²) in [5.41, 5.74) is 7.86. The van der Waals surface area contributed by atoms with Crippen molar-refractivity contribution in [2.24, 2.45) is 0 Å². The van der Waals surface area contributed by atoms with Crippen molar-refractivity contribution in [2.75, 3.05) is 36.8 Å². The molecule has 1 aliphatic carbocycles. The summed E-state index contributed by atoms with van der Waals surface area (Å²) in [6, 6.07) is 8.98. The Morgan fingerprint density at radius 3 is 2.25 bits per heavy atom. The summed E-state index contributed by atoms with van der Waals surface area (Å²) in [7, 11) is 0. The Balaban J connectivity index is 1.21. The fraction of sp³-hybridized carbons (Fsp3) is 0.619. The van der Waals surface area contributed by atoms with E-state index in [1.165, 1.54) is 18.5 Å². The van der Waals surface area contributed by atoms with Crippen LogP contribution >= 0.6 is 0 Å². The molecular weight excluding hydrogens is 354 g/mol. The Morgan fingerprint density at radius 1 is 0.929 bits per heavy atom. The van der Waals surface area contributed by atoms with Gasteiger partial charge in [0, 0.05) is 56.1 Å². The van der Waals surface area contributed by atoms with E-state index in [0.717, 1.165) is 44.7 Å². The Kier molecular flexibility index (Phi) is 5.82. The van der Waals surface area contributed by atoms with Gasteiger partial charge in [-0.2, -0.15) is 0 Å². The van der Waals surface area contributed by atoms with E-state index in [4.69, 9.17) is 5.73 Å². The molecule has 152 valence electrons. The average molecular weight is 386 g/mol. The van der Waals surface area contributed by atoms with Gasteiger partial charge in [-0.25, -0.2) is 0 Å². The Morgan fingerprint density at radius 2 is 1.61 bits per heavy atom. The van der Waals surface area contributed by atoms with Gasteiger partial charge in [-0.05, 0) is 56.4 Å². The van der Waals surface area contributed by atoms with Gasteiger partial charge in [0.1, 0.15) is 0 Å². The summed E-state index contributed by atoms with van der Waals surface area (Å²) in [6.07, 6.45) is 5.61. The van der Waals surface area contributed by atoms with Crippen LogP contribution in [0, 0.1) is 0 Å². The lowest BCUT2D eigenvalue weighted by atomic mass is 9.88. The number of nitrogens with zero attached hydrogens (tertiary/aromatic N) is 2. The first-order chi connectivity index (χ1) is 13.6. The van der Waals surface area contributed by atoms with E-state index >= 15 is 0 Å². The Labute approximate surface area is 166 Å². The number of rotatable bonds is 4. The molecule has 7 heteroatoms. The molecule has 4 rings (SSSR count). The van der Waals surface area contributed by atoms with Crippen LogP contribution in [0.2, 0.25) is 0 Å². The second-order valence-corrected chi connectivity index (χ2v) is 8.29. The zero-order chi connectivity index (χ0) is 19.5. The normalized spacial score (nSPS) is 29.6. The van der Waals surface area contributed by atoms with Crippen molar-refractivity contribution >= 4 is 23.2 Å². The summed E-state index contributed by atoms with van der Waals surface area (Å²) in [6.45, 7) is 4.30. The first-order valence-corrected chi connectivity index (χ1v) is 10.5. The number of nitrogens with one attached hydrogen (secondary N) is 2. The fourth-order valence-electron chi connectivity index (χ4n) is 4.78. The molecule has 0 aromatic heterocycles. The van der Waals surface area contributed by atoms with Crippen LogP contribution in [0.25, 0.3) is 0 Å². The van der Waals surface area contributed by atoms with E-state index in [1.54, 1.807) is 0 Å². The monoisotopic (exact) mass is 385 g/mol. The standard InChI is InChI=1S/C21H31N5O2/c22-15-1-5-17(6-2-15)25-11-13-26(14-12-25)18-7-3-16(4-8-18)23-19-9-10-20(27)24-21(19)28/h1-2,5-6,16,18-19,23H,3-4,7-14,22H2,(H,24,27,28). The number of hydrogen-bond acceptors (Lipinski definition) is 6. The summed E-state index contributed by atoms with van der Waals surface area (Å²) in [5, 5.41) is 5.92. The highest BCUT2D eigenvalue weighted by molar-refractivity contribution is 6.00. The maximum Gasteiger partial charge on any atom is 0.243 e. The number of hydrogen-bond donors (Lipinski definition) is 3. The maximum atomic E-state index is 11.9. The van der Waals surface area contributed by atoms with Gasteiger partial charge in [-0.15, -0.1) is 0 Å². The third-order valence-corrected chi connectivity index (χ3v) is 6.46. The zero-order valence-corrected chi connectivity index (χ0v) is 16.4. The molecule has 0 spiro atoms. The number of imide groups is 1. The van der Waals surface area contributed by atoms with Gasteiger partial charge >= 0.3 is 0 Å². The van der Waals surface area contributed by atoms with E-state index in [0.29, 0.717) is 24.9 Å². The molecule has 1 saturated carbocycles. The number of piperazine rings is 1. The minimum absolute atomic E-state index is 0.148. The minimum Gasteiger partial charge on any atom is -0.399 e. The molecule has 2 aliphatic heterocycles. The topological polar surface area (TPSA) is 90.7 Å². The van der Waals surface area contributed by atoms with E-state index in [2.05, 4.69) is 32.6 Å². The molecule has 1 atom stereocenters. The quantitative estimate of drug-likeness (QED) is 0.531. The second-order valence-electron chi connectivity index (χ2n) is 8.29. The molecule has 2 heterocycles. The maximum absolute atomic E-state index is 11.9. The van der Waals surface area contributed by atoms with Crippen LogP contribution in [-0.2, 0) is 9.59 Å². The lowest BCUT2D eigenvalue weighted by Gasteiger charge is -2.43. The smallest absolute Gasteiger partial charge is 0.243 e. The highest BCUT2D eigenvalue weighted by atomic mass is 16.2. The Bertz CT molecular complexity index is 691. The molecule has 2 amide bonds. The lowest BCUT2D eigenvalue weighted by Crippen LogP contribution is -2.55. The van der Waals surface area contributed by atoms with Crippen molar-refractivity contribution in [1.82, 2.24) is 15.5 Å². The predicted octanol–water partition coefficient (Wildman–Crippen LogP) is 1.10. The van der Waals surface area contributed by atoms with Crippen LogP contribution in [0.1, 0.15) is 38.5 Å². The number of benzene rings is 1. The molecule has 1 aromatic carbocycles. The molecule has 0 radical (unpaired) electrons. The van der Waals surface area contributed by atoms with Crippen molar-refractivity contribution < 1.29 is 9.59 Å². The van der Waals surface area contributed by atoms with Gasteiger partial charge in [-0.3, -0.25) is 19.8 Å². The molecule has 3 fully saturated rings. The van der Waals surface area contributed by atoms with E-state index < -0.39 is 0 Å². The molecule has 0 bridgehead atoms. The van der Waals surface area contributed by atoms with Crippen LogP contribution in [-0.4, -0.2) is 61.0 Å². The van der Waals surface area contributed by atoms with Crippen molar-refractivity contribution in [3.05, 3.63) is 24.3 Å². The van der Waals surface area contributed by atoms with Gasteiger partial charge in [0.25, 0.3) is 0 Å². The number of nitrogens with two attached hydrogens (primary N) is 1. The Hall–Kier alpha value is -2.12. The highest BCUT2D eigenvalue weighted by Gasteiger charge is 2.32. The number of nitrogen functional groups attached to an aromatic ring is 1. The van der Waals surface area contributed by atoms with Crippen LogP contribution in [0.15, 0.2) is 24.3 Å². The number of carbonyl (C=O) groups excluding carboxylic acids is 2. The first kappa shape index (κ1) is 19.2. The molecule has 28 heavy (non-hydrogen) atoms. The van der Waals surface area contributed by atoms with Crippen LogP contribution in [0.5, 0.6) is 0 Å². The molecular formula is C21H31N5O2. The van der Waals surface area contributed by atoms with Gasteiger partial charge in [0.05, 0.1) is 6.04 Å². The van der Waals surface area contributed by atoms with E-state index in [9.17, 15) is 9.59 Å². The lowest BCUT2D eigenvalue weighted by molar-refractivity contribution is -0.134. The molecule has 3 aliphatic rings. The van der Waals surface area contributed by atoms with Gasteiger partial charge in [-0.1, -0.05) is 0 Å². The van der Waals surface area contributed by atoms with Gasteiger partial charge < -0.3 is 16.0 Å². The van der Waals surface area contributed by atoms with Gasteiger partial charge in [0.2, 0.25) is 11.8 Å². The van der Waals surface area contributed by atoms with Crippen LogP contribution in [0.4, 0.5) is 11.4 Å². The number of carbonyl (C=O) groups is 2. The van der Waals surface area contributed by atoms with E-state index in [1.807, 2.05) is 12.1 Å². The predicted molar refractivity (Wildman–Crippen MR) is 110 cm³/mol. The molecule has 1 unspecified atom stereocenters. The first-order valence-electron chi connectivity index (χ1n) is 10.5. The second kappa shape index (κ2) is 8.49. The molecule has 1 aromatic rings. The van der Waals surface area contributed by atoms with Crippen molar-refractivity contribution in [1.29, 1.82) is 0 Å². The number of anilines is 2. The average Bonchev–Trinajstić information content (AvgIpc) is 2.71. The van der Waals surface area contributed by atoms with Crippen LogP contribution < -0.4 is 21.3 Å². The number of piperidine rings is 1. The summed E-state index contributed by atoms with van der Waals surface area (Å²) in [4.78, 5) is 28.3. The summed E-state index contributed by atoms with van der Waals surface area (Å²) >= 11 is 0. The van der Waals surface area contributed by atoms with Crippen molar-refractivity contribution in [3.63, 3.8) is 0 Å². The summed E-state index contributed by atoms with van der Waals surface area (Å²) in [5.74, 6) is -0.304. The van der Waals surface area contributed by atoms with Crippen LogP contribution in [0.3, 0.4) is 0 Å². The zero-order valence-electron chi connectivity index (χ0n) is 16.4. The molecule has 7 nitrogen and oxygen atoms in total. The summed E-state index contributed by atoms with van der Waals surface area (Å²) < 4.78 is 0. The van der Waals surface area contributed by atoms with Crippen molar-refractivity contribution in [3.8, 4) is 0 Å². The highest BCUT2D eigenvalue weighted by Crippen LogP contribution is 2.26. The minimum atomic E-state index is -0.206. The third kappa shape index (κ3) is 4.47. The van der Waals surface area contributed by atoms with Gasteiger partial charge in [0.15, 0.2) is 0 Å². The number of amides is 2. The largest absolute Gasteiger partial charge is 0.399 e. The van der Waals surface area contributed by atoms with E-state index in [-0.39, 0.29) is 17.9 Å².